The summed E-state index contributed by atoms with van der Waals surface area (Å²) in [6.45, 7) is 3.79. The van der Waals surface area contributed by atoms with E-state index in [2.05, 4.69) is 9.97 Å². The van der Waals surface area contributed by atoms with E-state index >= 15 is 0 Å². The number of amides is 1. The summed E-state index contributed by atoms with van der Waals surface area (Å²) in [6, 6.07) is 4.13. The molecule has 7 heteroatoms. The van der Waals surface area contributed by atoms with E-state index in [1.165, 1.54) is 11.3 Å². The number of rotatable bonds is 3. The Balaban J connectivity index is 1.37. The number of nitrogens with zero attached hydrogens (tertiary/aromatic N) is 3. The highest BCUT2D eigenvalue weighted by Gasteiger charge is 2.50. The third-order valence-corrected chi connectivity index (χ3v) is 5.19. The first-order valence-electron chi connectivity index (χ1n) is 8.05. The van der Waals surface area contributed by atoms with Crippen molar-refractivity contribution in [3.8, 4) is 6.01 Å². The van der Waals surface area contributed by atoms with Gasteiger partial charge in [-0.3, -0.25) is 4.79 Å². The Kier molecular flexibility index (Phi) is 3.97. The van der Waals surface area contributed by atoms with Gasteiger partial charge in [-0.25, -0.2) is 9.97 Å². The summed E-state index contributed by atoms with van der Waals surface area (Å²) in [6.07, 6.45) is 3.31. The molecule has 1 unspecified atom stereocenters. The minimum atomic E-state index is -0.279. The molecule has 0 aliphatic carbocycles. The van der Waals surface area contributed by atoms with Gasteiger partial charge < -0.3 is 14.4 Å². The summed E-state index contributed by atoms with van der Waals surface area (Å²) in [7, 11) is 0. The molecule has 0 bridgehead atoms. The maximum atomic E-state index is 12.3. The molecule has 0 aromatic carbocycles. The van der Waals surface area contributed by atoms with Gasteiger partial charge in [0.25, 0.3) is 5.91 Å². The zero-order chi connectivity index (χ0) is 16.6. The highest BCUT2D eigenvalue weighted by atomic mass is 32.1. The van der Waals surface area contributed by atoms with Crippen LogP contribution in [-0.4, -0.2) is 52.2 Å². The third-order valence-electron chi connectivity index (χ3n) is 4.51. The molecule has 2 aromatic heterocycles. The molecule has 0 saturated carbocycles. The van der Waals surface area contributed by atoms with Crippen molar-refractivity contribution in [1.82, 2.24) is 14.9 Å². The molecule has 126 valence electrons. The molecular formula is C17H19N3O3S. The molecular weight excluding hydrogens is 326 g/mol. The maximum absolute atomic E-state index is 12.3. The Labute approximate surface area is 144 Å². The van der Waals surface area contributed by atoms with Crippen molar-refractivity contribution in [1.29, 1.82) is 0 Å². The van der Waals surface area contributed by atoms with E-state index in [0.717, 1.165) is 24.1 Å². The molecule has 2 aliphatic rings. The number of aromatic nitrogens is 2. The lowest BCUT2D eigenvalue weighted by atomic mass is 9.84. The molecule has 2 aromatic rings. The SMILES string of the molecule is Cc1ccnc(OC2CCOC3(C2)CN(C(=O)c2ccsc2)C3)n1. The van der Waals surface area contributed by atoms with Gasteiger partial charge in [0.05, 0.1) is 25.3 Å². The molecule has 4 rings (SSSR count). The highest BCUT2D eigenvalue weighted by molar-refractivity contribution is 7.08. The van der Waals surface area contributed by atoms with E-state index < -0.39 is 0 Å². The van der Waals surface area contributed by atoms with Crippen LogP contribution in [0.1, 0.15) is 28.9 Å². The predicted molar refractivity (Wildman–Crippen MR) is 89.3 cm³/mol. The van der Waals surface area contributed by atoms with Crippen molar-refractivity contribution in [2.45, 2.75) is 31.5 Å². The molecule has 0 N–H and O–H groups in total. The van der Waals surface area contributed by atoms with E-state index in [4.69, 9.17) is 9.47 Å². The van der Waals surface area contributed by atoms with E-state index in [0.29, 0.717) is 25.7 Å². The topological polar surface area (TPSA) is 64.6 Å². The number of likely N-dealkylation sites (tertiary alicyclic amines) is 1. The lowest BCUT2D eigenvalue weighted by molar-refractivity contribution is -0.174. The van der Waals surface area contributed by atoms with Gasteiger partial charge in [-0.1, -0.05) is 0 Å². The van der Waals surface area contributed by atoms with Crippen LogP contribution in [0.2, 0.25) is 0 Å². The van der Waals surface area contributed by atoms with E-state index in [1.54, 1.807) is 6.20 Å². The fourth-order valence-corrected chi connectivity index (χ4v) is 3.93. The van der Waals surface area contributed by atoms with Crippen molar-refractivity contribution in [3.05, 3.63) is 40.3 Å². The molecule has 6 nitrogen and oxygen atoms in total. The number of carbonyl (C=O) groups is 1. The second kappa shape index (κ2) is 6.14. The Morgan fingerprint density at radius 3 is 3.08 bits per heavy atom. The smallest absolute Gasteiger partial charge is 0.316 e. The molecule has 2 fully saturated rings. The lowest BCUT2D eigenvalue weighted by Gasteiger charge is -2.52. The quantitative estimate of drug-likeness (QED) is 0.854. The summed E-state index contributed by atoms with van der Waals surface area (Å²) in [5, 5.41) is 3.81. The molecule has 1 amide bonds. The van der Waals surface area contributed by atoms with Crippen LogP contribution < -0.4 is 4.74 Å². The maximum Gasteiger partial charge on any atom is 0.316 e. The van der Waals surface area contributed by atoms with Crippen molar-refractivity contribution in [2.75, 3.05) is 19.7 Å². The van der Waals surface area contributed by atoms with Crippen molar-refractivity contribution < 1.29 is 14.3 Å². The van der Waals surface area contributed by atoms with E-state index in [1.807, 2.05) is 34.7 Å². The van der Waals surface area contributed by atoms with Crippen LogP contribution >= 0.6 is 11.3 Å². The van der Waals surface area contributed by atoms with Crippen LogP contribution in [0.15, 0.2) is 29.1 Å². The van der Waals surface area contributed by atoms with Gasteiger partial charge in [-0.2, -0.15) is 11.3 Å². The van der Waals surface area contributed by atoms with Gasteiger partial charge in [0.2, 0.25) is 0 Å². The average molecular weight is 345 g/mol. The van der Waals surface area contributed by atoms with Crippen molar-refractivity contribution >= 4 is 17.2 Å². The fraction of sp³-hybridized carbons (Fsp3) is 0.471. The third kappa shape index (κ3) is 3.01. The summed E-state index contributed by atoms with van der Waals surface area (Å²) < 4.78 is 11.9. The summed E-state index contributed by atoms with van der Waals surface area (Å²) in [5.74, 6) is 0.0792. The molecule has 1 spiro atoms. The first-order chi connectivity index (χ1) is 11.6. The van der Waals surface area contributed by atoms with Gasteiger partial charge in [0.1, 0.15) is 11.7 Å². The Morgan fingerprint density at radius 1 is 1.46 bits per heavy atom. The summed E-state index contributed by atoms with van der Waals surface area (Å²) >= 11 is 1.54. The average Bonchev–Trinajstić information content (AvgIpc) is 3.06. The zero-order valence-electron chi connectivity index (χ0n) is 13.5. The molecule has 0 radical (unpaired) electrons. The monoisotopic (exact) mass is 345 g/mol. The van der Waals surface area contributed by atoms with Gasteiger partial charge in [-0.15, -0.1) is 0 Å². The number of hydrogen-bond donors (Lipinski definition) is 0. The standard InChI is InChI=1S/C17H19N3O3S/c1-12-2-5-18-16(19-12)23-14-3-6-22-17(8-14)10-20(11-17)15(21)13-4-7-24-9-13/h2,4-5,7,9,14H,3,6,8,10-11H2,1H3. The van der Waals surface area contributed by atoms with Gasteiger partial charge in [0, 0.05) is 30.1 Å². The summed E-state index contributed by atoms with van der Waals surface area (Å²) in [5.41, 5.74) is 1.36. The predicted octanol–water partition coefficient (Wildman–Crippen LogP) is 2.30. The summed E-state index contributed by atoms with van der Waals surface area (Å²) in [4.78, 5) is 22.7. The molecule has 4 heterocycles. The molecule has 2 saturated heterocycles. The van der Waals surface area contributed by atoms with Crippen molar-refractivity contribution in [2.24, 2.45) is 0 Å². The van der Waals surface area contributed by atoms with Crippen molar-refractivity contribution in [3.63, 3.8) is 0 Å². The Bertz CT molecular complexity index is 728. The minimum absolute atomic E-state index is 0.0268. The number of carbonyl (C=O) groups excluding carboxylic acids is 1. The fourth-order valence-electron chi connectivity index (χ4n) is 3.30. The highest BCUT2D eigenvalue weighted by Crippen LogP contribution is 2.36. The number of thiophene rings is 1. The number of ether oxygens (including phenoxy) is 2. The van der Waals surface area contributed by atoms with E-state index in [-0.39, 0.29) is 17.6 Å². The van der Waals surface area contributed by atoms with E-state index in [9.17, 15) is 4.79 Å². The normalized spacial score (nSPS) is 22.2. The first kappa shape index (κ1) is 15.5. The number of aryl methyl sites for hydroxylation is 1. The lowest BCUT2D eigenvalue weighted by Crippen LogP contribution is -2.67. The molecule has 1 atom stereocenters. The second-order valence-corrected chi connectivity index (χ2v) is 7.20. The zero-order valence-corrected chi connectivity index (χ0v) is 14.3. The van der Waals surface area contributed by atoms with Crippen LogP contribution in [-0.2, 0) is 4.74 Å². The van der Waals surface area contributed by atoms with Crippen LogP contribution in [0, 0.1) is 6.92 Å². The van der Waals surface area contributed by atoms with Crippen LogP contribution in [0.25, 0.3) is 0 Å². The van der Waals surface area contributed by atoms with Gasteiger partial charge >= 0.3 is 6.01 Å². The Hall–Kier alpha value is -1.99. The largest absolute Gasteiger partial charge is 0.460 e. The molecule has 24 heavy (non-hydrogen) atoms. The van der Waals surface area contributed by atoms with Crippen LogP contribution in [0.5, 0.6) is 6.01 Å². The van der Waals surface area contributed by atoms with Gasteiger partial charge in [-0.05, 0) is 24.4 Å². The first-order valence-corrected chi connectivity index (χ1v) is 9.00. The van der Waals surface area contributed by atoms with Gasteiger partial charge in [0.15, 0.2) is 0 Å². The van der Waals surface area contributed by atoms with Crippen LogP contribution in [0.3, 0.4) is 0 Å². The number of hydrogen-bond acceptors (Lipinski definition) is 6. The Morgan fingerprint density at radius 2 is 2.33 bits per heavy atom. The van der Waals surface area contributed by atoms with Crippen LogP contribution in [0.4, 0.5) is 0 Å². The minimum Gasteiger partial charge on any atom is -0.460 e. The second-order valence-electron chi connectivity index (χ2n) is 6.42. The molecule has 2 aliphatic heterocycles.